The molecule has 0 radical (unpaired) electrons. The van der Waals surface area contributed by atoms with E-state index in [1.165, 1.54) is 44.9 Å². The summed E-state index contributed by atoms with van der Waals surface area (Å²) in [5.41, 5.74) is 0. The molecular weight excluding hydrogens is 514 g/mol. The topological polar surface area (TPSA) is 65.1 Å². The van der Waals surface area contributed by atoms with Crippen LogP contribution in [-0.4, -0.2) is 62.4 Å². The zero-order valence-corrected chi connectivity index (χ0v) is 27.6. The van der Waals surface area contributed by atoms with Gasteiger partial charge in [0, 0.05) is 19.6 Å². The lowest BCUT2D eigenvalue weighted by molar-refractivity contribution is -0.158. The summed E-state index contributed by atoms with van der Waals surface area (Å²) in [6, 6.07) is 0. The van der Waals surface area contributed by atoms with Gasteiger partial charge >= 0.3 is 11.9 Å². The molecule has 0 amide bonds. The Kier molecular flexibility index (Phi) is 24.5. The van der Waals surface area contributed by atoms with Crippen LogP contribution in [0.1, 0.15) is 162 Å². The third-order valence-corrected chi connectivity index (χ3v) is 8.47. The number of piperidine rings is 1. The molecule has 0 aliphatic carbocycles. The van der Waals surface area contributed by atoms with Crippen molar-refractivity contribution in [2.75, 3.05) is 33.4 Å². The van der Waals surface area contributed by atoms with Gasteiger partial charge in [0.1, 0.15) is 6.10 Å². The number of esters is 2. The Labute approximate surface area is 254 Å². The van der Waals surface area contributed by atoms with Crippen LogP contribution in [0, 0.1) is 5.92 Å². The number of carbonyl (C=O) groups is 2. The molecule has 0 aromatic rings. The number of hydrogen-bond acceptors (Lipinski definition) is 6. The van der Waals surface area contributed by atoms with Crippen molar-refractivity contribution in [3.05, 3.63) is 0 Å². The number of nitrogens with zero attached hydrogens (tertiary/aromatic N) is 1. The van der Waals surface area contributed by atoms with Crippen LogP contribution in [0.3, 0.4) is 0 Å². The van der Waals surface area contributed by atoms with E-state index < -0.39 is 0 Å². The average molecular weight is 582 g/mol. The normalized spacial score (nSPS) is 17.7. The maximum atomic E-state index is 12.8. The highest BCUT2D eigenvalue weighted by Gasteiger charge is 2.34. The van der Waals surface area contributed by atoms with Gasteiger partial charge in [-0.3, -0.25) is 9.59 Å². The van der Waals surface area contributed by atoms with E-state index in [0.29, 0.717) is 13.0 Å². The molecule has 2 atom stereocenters. The van der Waals surface area contributed by atoms with E-state index in [1.54, 1.807) is 0 Å². The Morgan fingerprint density at radius 3 is 1.85 bits per heavy atom. The van der Waals surface area contributed by atoms with Crippen molar-refractivity contribution in [1.29, 1.82) is 0 Å². The lowest BCUT2D eigenvalue weighted by atomic mass is 9.94. The zero-order chi connectivity index (χ0) is 30.0. The van der Waals surface area contributed by atoms with Gasteiger partial charge in [-0.05, 0) is 52.1 Å². The van der Waals surface area contributed by atoms with E-state index in [2.05, 4.69) is 32.7 Å². The first-order chi connectivity index (χ1) is 20.0. The second kappa shape index (κ2) is 26.5. The van der Waals surface area contributed by atoms with Gasteiger partial charge in [-0.1, -0.05) is 117 Å². The summed E-state index contributed by atoms with van der Waals surface area (Å²) in [6.07, 6.45) is 24.3. The smallest absolute Gasteiger partial charge is 0.311 e. The van der Waals surface area contributed by atoms with Crippen LogP contribution in [0.5, 0.6) is 0 Å². The van der Waals surface area contributed by atoms with E-state index in [4.69, 9.17) is 14.2 Å². The Bertz CT molecular complexity index is 620. The Hall–Kier alpha value is -1.14. The highest BCUT2D eigenvalue weighted by Crippen LogP contribution is 2.22. The number of unbranched alkanes of at least 4 members (excludes halogenated alkanes) is 14. The average Bonchev–Trinajstić information content (AvgIpc) is 2.96. The lowest BCUT2D eigenvalue weighted by Gasteiger charge is -2.35. The summed E-state index contributed by atoms with van der Waals surface area (Å²) in [7, 11) is 2.11. The van der Waals surface area contributed by atoms with Crippen LogP contribution >= 0.6 is 0 Å². The van der Waals surface area contributed by atoms with Crippen molar-refractivity contribution in [1.82, 2.24) is 4.90 Å². The monoisotopic (exact) mass is 582 g/mol. The molecule has 1 aliphatic heterocycles. The summed E-state index contributed by atoms with van der Waals surface area (Å²) < 4.78 is 17.6. The summed E-state index contributed by atoms with van der Waals surface area (Å²) >= 11 is 0. The van der Waals surface area contributed by atoms with Crippen LogP contribution in [0.4, 0.5) is 0 Å². The number of likely N-dealkylation sites (tertiary alicyclic amines) is 1. The fourth-order valence-corrected chi connectivity index (χ4v) is 5.71. The van der Waals surface area contributed by atoms with Gasteiger partial charge in [-0.15, -0.1) is 0 Å². The molecule has 1 heterocycles. The van der Waals surface area contributed by atoms with Crippen molar-refractivity contribution in [3.8, 4) is 0 Å². The van der Waals surface area contributed by atoms with Crippen molar-refractivity contribution in [2.24, 2.45) is 5.92 Å². The Morgan fingerprint density at radius 2 is 1.24 bits per heavy atom. The van der Waals surface area contributed by atoms with Crippen LogP contribution in [0.15, 0.2) is 0 Å². The first-order valence-electron chi connectivity index (χ1n) is 17.7. The van der Waals surface area contributed by atoms with Gasteiger partial charge in [-0.25, -0.2) is 0 Å². The Morgan fingerprint density at radius 1 is 0.707 bits per heavy atom. The molecule has 2 unspecified atom stereocenters. The zero-order valence-electron chi connectivity index (χ0n) is 27.6. The van der Waals surface area contributed by atoms with Crippen molar-refractivity contribution >= 4 is 11.9 Å². The maximum absolute atomic E-state index is 12.8. The standard InChI is InChI=1S/C35H67NO5/c1-5-8-11-12-15-18-21-28-39-33-30-36(4)27-26-32(33)35(38)40-29-22-19-16-13-14-17-20-25-34(37)41-31(23-9-6-2)24-10-7-3/h31-33H,5-30H2,1-4H3. The molecule has 0 aromatic heterocycles. The van der Waals surface area contributed by atoms with Gasteiger partial charge in [0.05, 0.1) is 18.6 Å². The Balaban J connectivity index is 2.09. The summed E-state index contributed by atoms with van der Waals surface area (Å²) in [6.45, 7) is 9.62. The molecule has 0 N–H and O–H groups in total. The molecule has 0 aromatic carbocycles. The van der Waals surface area contributed by atoms with E-state index in [9.17, 15) is 9.59 Å². The number of hydrogen-bond donors (Lipinski definition) is 0. The first-order valence-corrected chi connectivity index (χ1v) is 17.7. The number of rotatable bonds is 27. The van der Waals surface area contributed by atoms with Gasteiger partial charge in [-0.2, -0.15) is 0 Å². The van der Waals surface area contributed by atoms with Gasteiger partial charge in [0.2, 0.25) is 0 Å². The molecule has 0 saturated carbocycles. The summed E-state index contributed by atoms with van der Waals surface area (Å²) in [4.78, 5) is 27.3. The van der Waals surface area contributed by atoms with Gasteiger partial charge in [0.15, 0.2) is 0 Å². The fraction of sp³-hybridized carbons (Fsp3) is 0.943. The minimum atomic E-state index is -0.129. The number of carbonyl (C=O) groups excluding carboxylic acids is 2. The van der Waals surface area contributed by atoms with E-state index >= 15 is 0 Å². The maximum Gasteiger partial charge on any atom is 0.311 e. The van der Waals surface area contributed by atoms with Crippen molar-refractivity contribution in [3.63, 3.8) is 0 Å². The van der Waals surface area contributed by atoms with Crippen LogP contribution < -0.4 is 0 Å². The van der Waals surface area contributed by atoms with Crippen LogP contribution in [-0.2, 0) is 23.8 Å². The van der Waals surface area contributed by atoms with E-state index in [1.807, 2.05) is 0 Å². The molecule has 0 bridgehead atoms. The van der Waals surface area contributed by atoms with Gasteiger partial charge in [0.25, 0.3) is 0 Å². The van der Waals surface area contributed by atoms with Crippen molar-refractivity contribution in [2.45, 2.75) is 174 Å². The molecule has 1 fully saturated rings. The van der Waals surface area contributed by atoms with E-state index in [-0.39, 0.29) is 30.1 Å². The molecule has 242 valence electrons. The van der Waals surface area contributed by atoms with Crippen LogP contribution in [0.2, 0.25) is 0 Å². The highest BCUT2D eigenvalue weighted by molar-refractivity contribution is 5.73. The predicted molar refractivity (Wildman–Crippen MR) is 170 cm³/mol. The molecule has 41 heavy (non-hydrogen) atoms. The first kappa shape index (κ1) is 37.9. The third-order valence-electron chi connectivity index (χ3n) is 8.47. The molecular formula is C35H67NO5. The van der Waals surface area contributed by atoms with Crippen molar-refractivity contribution < 1.29 is 23.8 Å². The molecule has 0 spiro atoms. The largest absolute Gasteiger partial charge is 0.465 e. The minimum absolute atomic E-state index is 0.0147. The van der Waals surface area contributed by atoms with Crippen LogP contribution in [0.25, 0.3) is 0 Å². The second-order valence-corrected chi connectivity index (χ2v) is 12.5. The number of likely N-dealkylation sites (N-methyl/N-ethyl adjacent to an activating group) is 1. The predicted octanol–water partition coefficient (Wildman–Crippen LogP) is 9.03. The molecule has 6 nitrogen and oxygen atoms in total. The fourth-order valence-electron chi connectivity index (χ4n) is 5.71. The summed E-state index contributed by atoms with van der Waals surface area (Å²) in [5, 5.41) is 0. The molecule has 1 rings (SSSR count). The summed E-state index contributed by atoms with van der Waals surface area (Å²) in [5.74, 6) is -0.212. The quantitative estimate of drug-likeness (QED) is 0.0712. The molecule has 1 saturated heterocycles. The minimum Gasteiger partial charge on any atom is -0.465 e. The SMILES string of the molecule is CCCCCCCCCOC1CN(C)CCC1C(=O)OCCCCCCCCCC(=O)OC(CCCC)CCCC. The van der Waals surface area contributed by atoms with Gasteiger partial charge < -0.3 is 19.1 Å². The highest BCUT2D eigenvalue weighted by atomic mass is 16.5. The molecule has 1 aliphatic rings. The second-order valence-electron chi connectivity index (χ2n) is 12.5. The molecule has 6 heteroatoms. The lowest BCUT2D eigenvalue weighted by Crippen LogP contribution is -2.47. The van der Waals surface area contributed by atoms with E-state index in [0.717, 1.165) is 110 Å². The number of ether oxygens (including phenoxy) is 3. The third kappa shape index (κ3) is 20.4.